The first-order valence-electron chi connectivity index (χ1n) is 12.6. The molecule has 5 aliphatic carbocycles. The third-order valence-corrected chi connectivity index (χ3v) is 8.82. The minimum Gasteiger partial charge on any atom is -0.511 e. The van der Waals surface area contributed by atoms with Gasteiger partial charge >= 0.3 is 5.97 Å². The topological polar surface area (TPSA) is 124 Å². The highest BCUT2D eigenvalue weighted by Gasteiger charge is 2.62. The summed E-state index contributed by atoms with van der Waals surface area (Å²) < 4.78 is 0. The number of aliphatic carboxylic acids is 1. The third kappa shape index (κ3) is 3.96. The van der Waals surface area contributed by atoms with E-state index in [0.29, 0.717) is 18.3 Å². The van der Waals surface area contributed by atoms with Crippen molar-refractivity contribution < 1.29 is 29.4 Å². The van der Waals surface area contributed by atoms with Gasteiger partial charge in [-0.3, -0.25) is 24.3 Å². The van der Waals surface area contributed by atoms with E-state index < -0.39 is 17.4 Å². The molecule has 0 radical (unpaired) electrons. The van der Waals surface area contributed by atoms with Gasteiger partial charge in [-0.15, -0.1) is 0 Å². The number of carboxylic acids is 1. The Morgan fingerprint density at radius 1 is 1.06 bits per heavy atom. The van der Waals surface area contributed by atoms with Gasteiger partial charge in [0.15, 0.2) is 11.8 Å². The lowest BCUT2D eigenvalue weighted by atomic mass is 9.50. The second-order valence-corrected chi connectivity index (χ2v) is 11.8. The van der Waals surface area contributed by atoms with Crippen LogP contribution in [0.4, 0.5) is 0 Å². The van der Waals surface area contributed by atoms with Crippen LogP contribution in [0.5, 0.6) is 0 Å². The summed E-state index contributed by atoms with van der Waals surface area (Å²) in [6, 6.07) is -1.17. The Hall–Kier alpha value is -2.68. The number of allylic oxidation sites excluding steroid dienone is 6. The molecule has 7 atom stereocenters. The number of amides is 2. The first-order valence-corrected chi connectivity index (χ1v) is 13.2. The number of carbonyl (C=O) groups excluding carboxylic acids is 3. The molecule has 1 aliphatic heterocycles. The van der Waals surface area contributed by atoms with E-state index in [2.05, 4.69) is 41.9 Å². The average molecular weight is 513 g/mol. The minimum atomic E-state index is -1.17. The second-order valence-electron chi connectivity index (χ2n) is 11.4. The van der Waals surface area contributed by atoms with E-state index in [-0.39, 0.29) is 89.9 Å². The van der Waals surface area contributed by atoms with Crippen LogP contribution in [0, 0.1) is 40.9 Å². The molecule has 0 spiro atoms. The number of aliphatic imine (C=N–C) groups is 1. The molecule has 0 aromatic carbocycles. The minimum absolute atomic E-state index is 0.0607. The molecular weight excluding hydrogens is 480 g/mol. The van der Waals surface area contributed by atoms with Gasteiger partial charge in [-0.05, 0) is 41.9 Å². The lowest BCUT2D eigenvalue weighted by Gasteiger charge is -2.51. The number of aliphatic hydroxyl groups excluding tert-OH is 1. The highest BCUT2D eigenvalue weighted by atomic mass is 32.1. The molecule has 2 fully saturated rings. The molecule has 1 saturated carbocycles. The van der Waals surface area contributed by atoms with Crippen molar-refractivity contribution in [2.45, 2.75) is 45.6 Å². The van der Waals surface area contributed by atoms with Gasteiger partial charge in [-0.1, -0.05) is 38.2 Å². The van der Waals surface area contributed by atoms with E-state index in [0.717, 1.165) is 0 Å². The summed E-state index contributed by atoms with van der Waals surface area (Å²) in [4.78, 5) is 56.8. The normalized spacial score (nSPS) is 35.1. The number of hydrogen-bond acceptors (Lipinski definition) is 7. The van der Waals surface area contributed by atoms with E-state index in [9.17, 15) is 29.4 Å². The summed E-state index contributed by atoms with van der Waals surface area (Å²) in [5.41, 5.74) is -0.132. The van der Waals surface area contributed by atoms with Crippen molar-refractivity contribution in [3.63, 3.8) is 0 Å². The molecule has 36 heavy (non-hydrogen) atoms. The van der Waals surface area contributed by atoms with Crippen LogP contribution in [0.3, 0.4) is 0 Å². The fourth-order valence-corrected chi connectivity index (χ4v) is 7.05. The first-order chi connectivity index (χ1) is 17.0. The van der Waals surface area contributed by atoms with Crippen molar-refractivity contribution in [2.75, 3.05) is 12.3 Å². The van der Waals surface area contributed by atoms with Crippen LogP contribution < -0.4 is 0 Å². The molecule has 2 amide bonds. The molecule has 2 N–H and O–H groups in total. The van der Waals surface area contributed by atoms with Gasteiger partial charge in [-0.25, -0.2) is 4.79 Å². The smallest absolute Gasteiger partial charge is 0.329 e. The Balaban J connectivity index is 1.34. The van der Waals surface area contributed by atoms with E-state index >= 15 is 0 Å². The highest BCUT2D eigenvalue weighted by molar-refractivity contribution is 7.80. The quantitative estimate of drug-likeness (QED) is 0.199. The Morgan fingerprint density at radius 3 is 2.08 bits per heavy atom. The van der Waals surface area contributed by atoms with E-state index in [4.69, 9.17) is 0 Å². The maximum Gasteiger partial charge on any atom is 0.329 e. The van der Waals surface area contributed by atoms with Crippen molar-refractivity contribution in [1.29, 1.82) is 0 Å². The van der Waals surface area contributed by atoms with Crippen LogP contribution in [0.1, 0.15) is 39.5 Å². The number of ketones is 1. The Morgan fingerprint density at radius 2 is 1.61 bits per heavy atom. The van der Waals surface area contributed by atoms with Crippen LogP contribution >= 0.6 is 12.6 Å². The standard InChI is InChI=1S/C27H32N2O6S/c1-27(2)10-19(30)23(20(31)11-27)17(28-18(12-36)26(34)35)4-3-9-29-24(32)21-15-7-8-16(22(21)25(29)33)14-6-5-13(14)15/h5-8,13-16,18,21-22,30,36H,3-4,9-12H2,1-2H3,(H,34,35). The van der Waals surface area contributed by atoms with E-state index in [1.807, 2.05) is 13.8 Å². The maximum absolute atomic E-state index is 13.3. The Kier molecular flexibility index (Phi) is 6.25. The number of hydrogen-bond donors (Lipinski definition) is 3. The molecule has 192 valence electrons. The van der Waals surface area contributed by atoms with Gasteiger partial charge in [0, 0.05) is 25.1 Å². The molecule has 2 bridgehead atoms. The molecule has 1 heterocycles. The SMILES string of the molecule is CC1(C)CC(=O)C(C(CCCN2C(=O)C3C4C=CC(C5C=CC54)C3C2=O)=NC(CS)C(=O)O)=C(O)C1. The highest BCUT2D eigenvalue weighted by Crippen LogP contribution is 2.58. The zero-order chi connectivity index (χ0) is 25.9. The van der Waals surface area contributed by atoms with Crippen molar-refractivity contribution >= 4 is 41.9 Å². The molecule has 6 aliphatic rings. The predicted octanol–water partition coefficient (Wildman–Crippen LogP) is 3.01. The summed E-state index contributed by atoms with van der Waals surface area (Å²) in [5.74, 6) is -1.74. The number of imide groups is 1. The number of rotatable bonds is 8. The summed E-state index contributed by atoms with van der Waals surface area (Å²) >= 11 is 4.08. The van der Waals surface area contributed by atoms with Crippen LogP contribution in [0.15, 0.2) is 40.6 Å². The first kappa shape index (κ1) is 25.0. The van der Waals surface area contributed by atoms with Crippen molar-refractivity contribution in [1.82, 2.24) is 4.90 Å². The monoisotopic (exact) mass is 512 g/mol. The number of aliphatic hydroxyl groups is 1. The van der Waals surface area contributed by atoms with Crippen molar-refractivity contribution in [2.24, 2.45) is 45.9 Å². The molecule has 1 saturated heterocycles. The molecule has 9 heteroatoms. The molecular formula is C27H32N2O6S. The van der Waals surface area contributed by atoms with Gasteiger partial charge < -0.3 is 10.2 Å². The third-order valence-electron chi connectivity index (χ3n) is 8.47. The number of likely N-dealkylation sites (tertiary alicyclic amines) is 1. The fourth-order valence-electron chi connectivity index (χ4n) is 6.81. The molecule has 7 unspecified atom stereocenters. The number of Topliss-reactive ketones (excluding diaryl/α,β-unsaturated/α-hetero) is 1. The van der Waals surface area contributed by atoms with Crippen LogP contribution in [0.25, 0.3) is 0 Å². The number of carbonyl (C=O) groups is 4. The van der Waals surface area contributed by atoms with Gasteiger partial charge in [0.2, 0.25) is 11.8 Å². The van der Waals surface area contributed by atoms with Gasteiger partial charge in [0.25, 0.3) is 0 Å². The molecule has 0 aromatic rings. The largest absolute Gasteiger partial charge is 0.511 e. The van der Waals surface area contributed by atoms with E-state index in [1.165, 1.54) is 4.90 Å². The fraction of sp³-hybridized carbons (Fsp3) is 0.593. The number of nitrogens with zero attached hydrogens (tertiary/aromatic N) is 2. The average Bonchev–Trinajstić information content (AvgIpc) is 3.01. The Bertz CT molecular complexity index is 1110. The molecule has 8 nitrogen and oxygen atoms in total. The summed E-state index contributed by atoms with van der Waals surface area (Å²) in [7, 11) is 0. The lowest BCUT2D eigenvalue weighted by molar-refractivity contribution is -0.140. The zero-order valence-corrected chi connectivity index (χ0v) is 21.4. The van der Waals surface area contributed by atoms with Gasteiger partial charge in [0.05, 0.1) is 23.1 Å². The van der Waals surface area contributed by atoms with E-state index in [1.54, 1.807) is 0 Å². The van der Waals surface area contributed by atoms with Crippen molar-refractivity contribution in [3.8, 4) is 0 Å². The molecule has 0 aromatic heterocycles. The summed E-state index contributed by atoms with van der Waals surface area (Å²) in [5, 5.41) is 20.2. The van der Waals surface area contributed by atoms with Crippen LogP contribution in [-0.2, 0) is 19.2 Å². The second kappa shape index (κ2) is 9.01. The number of carboxylic acid groups (broad SMARTS) is 1. The summed E-state index contributed by atoms with van der Waals surface area (Å²) in [6.45, 7) is 3.94. The van der Waals surface area contributed by atoms with Gasteiger partial charge in [0.1, 0.15) is 5.76 Å². The van der Waals surface area contributed by atoms with Crippen LogP contribution in [0.2, 0.25) is 0 Å². The van der Waals surface area contributed by atoms with Gasteiger partial charge in [-0.2, -0.15) is 12.6 Å². The molecule has 6 rings (SSSR count). The summed E-state index contributed by atoms with van der Waals surface area (Å²) in [6.07, 6.45) is 9.47. The van der Waals surface area contributed by atoms with Crippen molar-refractivity contribution in [3.05, 3.63) is 35.6 Å². The Labute approximate surface area is 215 Å². The maximum atomic E-state index is 13.3. The zero-order valence-electron chi connectivity index (χ0n) is 20.5. The predicted molar refractivity (Wildman–Crippen MR) is 136 cm³/mol. The number of thiol groups is 1. The van der Waals surface area contributed by atoms with Crippen LogP contribution in [-0.4, -0.2) is 62.7 Å². The lowest BCUT2D eigenvalue weighted by Crippen LogP contribution is -2.50.